The van der Waals surface area contributed by atoms with Crippen LogP contribution in [0, 0.1) is 0 Å². The average Bonchev–Trinajstić information content (AvgIpc) is 2.50. The molecule has 1 amide bonds. The Labute approximate surface area is 69.8 Å². The van der Waals surface area contributed by atoms with E-state index in [4.69, 9.17) is 4.42 Å². The van der Waals surface area contributed by atoms with Crippen molar-refractivity contribution in [3.8, 4) is 0 Å². The Balaban J connectivity index is 2.89. The molecule has 4 heteroatoms. The normalized spacial score (nSPS) is 9.50. The van der Waals surface area contributed by atoms with Gasteiger partial charge in [-0.15, -0.1) is 0 Å². The molecule has 0 N–H and O–H groups in total. The van der Waals surface area contributed by atoms with Gasteiger partial charge in [0.05, 0.1) is 5.56 Å². The van der Waals surface area contributed by atoms with Crippen molar-refractivity contribution >= 4 is 12.2 Å². The number of rotatable bonds is 2. The van der Waals surface area contributed by atoms with Crippen molar-refractivity contribution in [1.29, 1.82) is 0 Å². The molecule has 1 rings (SSSR count). The molecule has 1 heterocycles. The minimum absolute atomic E-state index is 0.167. The monoisotopic (exact) mass is 167 g/mol. The number of aldehydes is 1. The van der Waals surface area contributed by atoms with Crippen LogP contribution in [0.2, 0.25) is 0 Å². The predicted molar refractivity (Wildman–Crippen MR) is 42.1 cm³/mol. The second kappa shape index (κ2) is 3.21. The van der Waals surface area contributed by atoms with Crippen molar-refractivity contribution in [2.45, 2.75) is 0 Å². The summed E-state index contributed by atoms with van der Waals surface area (Å²) >= 11 is 0. The van der Waals surface area contributed by atoms with Gasteiger partial charge in [-0.3, -0.25) is 9.59 Å². The van der Waals surface area contributed by atoms with Crippen LogP contribution in [0.15, 0.2) is 16.7 Å². The molecule has 4 nitrogen and oxygen atoms in total. The molecule has 12 heavy (non-hydrogen) atoms. The Bertz CT molecular complexity index is 301. The second-order valence-corrected chi connectivity index (χ2v) is 2.56. The van der Waals surface area contributed by atoms with Crippen LogP contribution >= 0.6 is 0 Å². The fourth-order valence-corrected chi connectivity index (χ4v) is 0.785. The molecule has 0 bridgehead atoms. The maximum Gasteiger partial charge on any atom is 0.256 e. The van der Waals surface area contributed by atoms with Crippen LogP contribution in [-0.4, -0.2) is 31.2 Å². The molecule has 0 spiro atoms. The Morgan fingerprint density at radius 2 is 2.25 bits per heavy atom. The van der Waals surface area contributed by atoms with Crippen molar-refractivity contribution in [1.82, 2.24) is 4.90 Å². The first-order valence-corrected chi connectivity index (χ1v) is 3.40. The first-order valence-electron chi connectivity index (χ1n) is 3.40. The smallest absolute Gasteiger partial charge is 0.256 e. The molecule has 0 saturated heterocycles. The van der Waals surface area contributed by atoms with Crippen LogP contribution in [0.1, 0.15) is 20.9 Å². The number of nitrogens with zero attached hydrogens (tertiary/aromatic N) is 1. The van der Waals surface area contributed by atoms with Crippen molar-refractivity contribution in [3.63, 3.8) is 0 Å². The highest BCUT2D eigenvalue weighted by molar-refractivity contribution is 5.94. The van der Waals surface area contributed by atoms with Gasteiger partial charge in [-0.2, -0.15) is 0 Å². The summed E-state index contributed by atoms with van der Waals surface area (Å²) in [5.41, 5.74) is 0.391. The van der Waals surface area contributed by atoms with Gasteiger partial charge in [0, 0.05) is 20.2 Å². The summed E-state index contributed by atoms with van der Waals surface area (Å²) in [5, 5.41) is 0. The average molecular weight is 167 g/mol. The maximum absolute atomic E-state index is 11.2. The van der Waals surface area contributed by atoms with E-state index in [1.807, 2.05) is 0 Å². The first kappa shape index (κ1) is 8.52. The highest BCUT2D eigenvalue weighted by Gasteiger charge is 2.10. The van der Waals surface area contributed by atoms with E-state index in [9.17, 15) is 9.59 Å². The summed E-state index contributed by atoms with van der Waals surface area (Å²) in [6.45, 7) is 0. The summed E-state index contributed by atoms with van der Waals surface area (Å²) < 4.78 is 4.77. The molecular formula is C8H9NO3. The molecule has 0 aromatic carbocycles. The van der Waals surface area contributed by atoms with Gasteiger partial charge in [0.15, 0.2) is 12.0 Å². The predicted octanol–water partition coefficient (Wildman–Crippen LogP) is 0.794. The summed E-state index contributed by atoms with van der Waals surface area (Å²) in [6.07, 6.45) is 1.83. The third-order valence-corrected chi connectivity index (χ3v) is 1.39. The SMILES string of the molecule is CN(C)C(=O)c1coc(C=O)c1. The number of amides is 1. The summed E-state index contributed by atoms with van der Waals surface area (Å²) in [7, 11) is 3.27. The Kier molecular flexibility index (Phi) is 2.28. The molecule has 1 aromatic heterocycles. The lowest BCUT2D eigenvalue weighted by molar-refractivity contribution is 0.0826. The van der Waals surface area contributed by atoms with Crippen LogP contribution in [0.3, 0.4) is 0 Å². The molecule has 0 aliphatic heterocycles. The molecule has 0 aliphatic rings. The molecule has 0 atom stereocenters. The van der Waals surface area contributed by atoms with Crippen LogP contribution in [0.25, 0.3) is 0 Å². The van der Waals surface area contributed by atoms with Crippen molar-refractivity contribution in [2.24, 2.45) is 0 Å². The largest absolute Gasteiger partial charge is 0.461 e. The van der Waals surface area contributed by atoms with E-state index in [0.29, 0.717) is 11.8 Å². The summed E-state index contributed by atoms with van der Waals surface area (Å²) in [5.74, 6) is -0.00736. The molecule has 0 aliphatic carbocycles. The van der Waals surface area contributed by atoms with E-state index in [0.717, 1.165) is 0 Å². The molecule has 0 fully saturated rings. The van der Waals surface area contributed by atoms with Crippen molar-refractivity contribution in [3.05, 3.63) is 23.7 Å². The van der Waals surface area contributed by atoms with E-state index >= 15 is 0 Å². The Morgan fingerprint density at radius 3 is 2.67 bits per heavy atom. The summed E-state index contributed by atoms with van der Waals surface area (Å²) in [6, 6.07) is 1.41. The van der Waals surface area contributed by atoms with Crippen LogP contribution in [-0.2, 0) is 0 Å². The third kappa shape index (κ3) is 1.53. The van der Waals surface area contributed by atoms with Crippen LogP contribution in [0.4, 0.5) is 0 Å². The number of hydrogen-bond acceptors (Lipinski definition) is 3. The molecule has 0 saturated carbocycles. The van der Waals surface area contributed by atoms with E-state index in [1.165, 1.54) is 17.2 Å². The van der Waals surface area contributed by atoms with E-state index < -0.39 is 0 Å². The minimum atomic E-state index is -0.174. The zero-order chi connectivity index (χ0) is 9.14. The Morgan fingerprint density at radius 1 is 1.58 bits per heavy atom. The van der Waals surface area contributed by atoms with E-state index in [-0.39, 0.29) is 11.7 Å². The molecule has 0 unspecified atom stereocenters. The Hall–Kier alpha value is -1.58. The fraction of sp³-hybridized carbons (Fsp3) is 0.250. The number of carbonyl (C=O) groups excluding carboxylic acids is 2. The van der Waals surface area contributed by atoms with E-state index in [2.05, 4.69) is 0 Å². The van der Waals surface area contributed by atoms with E-state index in [1.54, 1.807) is 14.1 Å². The molecule has 64 valence electrons. The van der Waals surface area contributed by atoms with Gasteiger partial charge < -0.3 is 9.32 Å². The summed E-state index contributed by atoms with van der Waals surface area (Å²) in [4.78, 5) is 22.8. The van der Waals surface area contributed by atoms with Gasteiger partial charge in [-0.1, -0.05) is 0 Å². The lowest BCUT2D eigenvalue weighted by Crippen LogP contribution is -2.20. The van der Waals surface area contributed by atoms with Crippen molar-refractivity contribution in [2.75, 3.05) is 14.1 Å². The van der Waals surface area contributed by atoms with Gasteiger partial charge in [0.1, 0.15) is 6.26 Å². The van der Waals surface area contributed by atoms with Gasteiger partial charge >= 0.3 is 0 Å². The number of hydrogen-bond donors (Lipinski definition) is 0. The quantitative estimate of drug-likeness (QED) is 0.612. The number of carbonyl (C=O) groups is 2. The first-order chi connectivity index (χ1) is 5.65. The van der Waals surface area contributed by atoms with Gasteiger partial charge in [-0.05, 0) is 0 Å². The molecule has 1 aromatic rings. The third-order valence-electron chi connectivity index (χ3n) is 1.39. The van der Waals surface area contributed by atoms with Crippen LogP contribution < -0.4 is 0 Å². The standard InChI is InChI=1S/C8H9NO3/c1-9(2)8(11)6-3-7(4-10)12-5-6/h3-5H,1-2H3. The minimum Gasteiger partial charge on any atom is -0.461 e. The topological polar surface area (TPSA) is 50.5 Å². The maximum atomic E-state index is 11.2. The fourth-order valence-electron chi connectivity index (χ4n) is 0.785. The second-order valence-electron chi connectivity index (χ2n) is 2.56. The highest BCUT2D eigenvalue weighted by atomic mass is 16.3. The highest BCUT2D eigenvalue weighted by Crippen LogP contribution is 2.06. The van der Waals surface area contributed by atoms with Gasteiger partial charge in [-0.25, -0.2) is 0 Å². The van der Waals surface area contributed by atoms with Gasteiger partial charge in [0.25, 0.3) is 5.91 Å². The van der Waals surface area contributed by atoms with Crippen LogP contribution in [0.5, 0.6) is 0 Å². The van der Waals surface area contributed by atoms with Gasteiger partial charge in [0.2, 0.25) is 0 Å². The zero-order valence-electron chi connectivity index (χ0n) is 6.90. The molecular weight excluding hydrogens is 158 g/mol. The van der Waals surface area contributed by atoms with Crippen molar-refractivity contribution < 1.29 is 14.0 Å². The molecule has 0 radical (unpaired) electrons. The number of furan rings is 1. The lowest BCUT2D eigenvalue weighted by atomic mass is 10.3. The zero-order valence-corrected chi connectivity index (χ0v) is 6.90. The lowest BCUT2D eigenvalue weighted by Gasteiger charge is -2.06.